The van der Waals surface area contributed by atoms with Gasteiger partial charge in [-0.3, -0.25) is 4.79 Å². The van der Waals surface area contributed by atoms with E-state index in [0.717, 1.165) is 37.4 Å². The van der Waals surface area contributed by atoms with Gasteiger partial charge in [0.1, 0.15) is 6.26 Å². The molecule has 0 atom stereocenters. The lowest BCUT2D eigenvalue weighted by Gasteiger charge is -2.31. The SMILES string of the molecule is NCC1CCN(C(=O)Cc2coc(-c3cccs3)n2)CC1. The molecular weight excluding hydrogens is 286 g/mol. The molecule has 21 heavy (non-hydrogen) atoms. The van der Waals surface area contributed by atoms with Crippen molar-refractivity contribution < 1.29 is 9.21 Å². The summed E-state index contributed by atoms with van der Waals surface area (Å²) in [7, 11) is 0. The average molecular weight is 305 g/mol. The van der Waals surface area contributed by atoms with Crippen LogP contribution in [0.25, 0.3) is 10.8 Å². The molecule has 3 heterocycles. The predicted molar refractivity (Wildman–Crippen MR) is 81.9 cm³/mol. The zero-order valence-corrected chi connectivity index (χ0v) is 12.6. The van der Waals surface area contributed by atoms with Gasteiger partial charge in [0, 0.05) is 13.1 Å². The normalized spacial score (nSPS) is 16.3. The van der Waals surface area contributed by atoms with Crippen LogP contribution in [0.3, 0.4) is 0 Å². The van der Waals surface area contributed by atoms with E-state index in [2.05, 4.69) is 4.98 Å². The maximum absolute atomic E-state index is 12.3. The third kappa shape index (κ3) is 3.33. The molecule has 2 aromatic rings. The number of hydrogen-bond acceptors (Lipinski definition) is 5. The number of thiophene rings is 1. The van der Waals surface area contributed by atoms with Crippen LogP contribution in [0.5, 0.6) is 0 Å². The fourth-order valence-electron chi connectivity index (χ4n) is 2.59. The monoisotopic (exact) mass is 305 g/mol. The fourth-order valence-corrected chi connectivity index (χ4v) is 3.24. The molecule has 0 unspecified atom stereocenters. The smallest absolute Gasteiger partial charge is 0.236 e. The van der Waals surface area contributed by atoms with E-state index in [-0.39, 0.29) is 5.91 Å². The molecule has 3 rings (SSSR count). The van der Waals surface area contributed by atoms with Crippen molar-refractivity contribution in [3.05, 3.63) is 29.5 Å². The summed E-state index contributed by atoms with van der Waals surface area (Å²) in [6, 6.07) is 3.91. The first kappa shape index (κ1) is 14.3. The van der Waals surface area contributed by atoms with Gasteiger partial charge >= 0.3 is 0 Å². The molecule has 1 aliphatic rings. The van der Waals surface area contributed by atoms with Crippen LogP contribution in [-0.4, -0.2) is 35.4 Å². The van der Waals surface area contributed by atoms with Gasteiger partial charge in [0.05, 0.1) is 17.0 Å². The highest BCUT2D eigenvalue weighted by atomic mass is 32.1. The van der Waals surface area contributed by atoms with Gasteiger partial charge in [0.25, 0.3) is 0 Å². The summed E-state index contributed by atoms with van der Waals surface area (Å²) >= 11 is 1.58. The van der Waals surface area contributed by atoms with Crippen molar-refractivity contribution in [2.75, 3.05) is 19.6 Å². The number of nitrogens with two attached hydrogens (primary N) is 1. The average Bonchev–Trinajstić information content (AvgIpc) is 3.18. The van der Waals surface area contributed by atoms with E-state index in [1.54, 1.807) is 17.6 Å². The molecular formula is C15H19N3O2S. The molecule has 5 nitrogen and oxygen atoms in total. The molecule has 1 aliphatic heterocycles. The first-order valence-corrected chi connectivity index (χ1v) is 8.10. The van der Waals surface area contributed by atoms with Crippen LogP contribution >= 0.6 is 11.3 Å². The number of hydrogen-bond donors (Lipinski definition) is 1. The predicted octanol–water partition coefficient (Wildman–Crippen LogP) is 2.14. The Morgan fingerprint density at radius 2 is 2.29 bits per heavy atom. The Bertz CT molecular complexity index is 586. The Hall–Kier alpha value is -1.66. The van der Waals surface area contributed by atoms with E-state index in [1.165, 1.54) is 0 Å². The second-order valence-electron chi connectivity index (χ2n) is 5.36. The van der Waals surface area contributed by atoms with E-state index in [4.69, 9.17) is 10.2 Å². The minimum absolute atomic E-state index is 0.122. The Kier molecular flexibility index (Phi) is 4.36. The van der Waals surface area contributed by atoms with E-state index in [0.29, 0.717) is 23.9 Å². The van der Waals surface area contributed by atoms with Gasteiger partial charge in [0.15, 0.2) is 0 Å². The molecule has 2 aromatic heterocycles. The molecule has 0 radical (unpaired) electrons. The zero-order chi connectivity index (χ0) is 14.7. The summed E-state index contributed by atoms with van der Waals surface area (Å²) in [5, 5.41) is 1.98. The summed E-state index contributed by atoms with van der Waals surface area (Å²) in [5.74, 6) is 1.28. The quantitative estimate of drug-likeness (QED) is 0.939. The number of oxazole rings is 1. The van der Waals surface area contributed by atoms with Crippen LogP contribution in [0.15, 0.2) is 28.2 Å². The molecule has 0 spiro atoms. The number of amides is 1. The summed E-state index contributed by atoms with van der Waals surface area (Å²) in [5.41, 5.74) is 6.37. The second kappa shape index (κ2) is 6.41. The number of piperidine rings is 1. The van der Waals surface area contributed by atoms with Crippen LogP contribution in [0.2, 0.25) is 0 Å². The molecule has 0 bridgehead atoms. The molecule has 1 amide bonds. The molecule has 6 heteroatoms. The number of aromatic nitrogens is 1. The third-order valence-corrected chi connectivity index (χ3v) is 4.77. The second-order valence-corrected chi connectivity index (χ2v) is 6.31. The van der Waals surface area contributed by atoms with Gasteiger partial charge in [-0.15, -0.1) is 11.3 Å². The van der Waals surface area contributed by atoms with Gasteiger partial charge < -0.3 is 15.1 Å². The van der Waals surface area contributed by atoms with Gasteiger partial charge in [-0.05, 0) is 36.8 Å². The van der Waals surface area contributed by atoms with Crippen molar-refractivity contribution in [1.82, 2.24) is 9.88 Å². The summed E-state index contributed by atoms with van der Waals surface area (Å²) in [6.45, 7) is 2.32. The van der Waals surface area contributed by atoms with Gasteiger partial charge in [0.2, 0.25) is 11.8 Å². The van der Waals surface area contributed by atoms with E-state index < -0.39 is 0 Å². The maximum atomic E-state index is 12.3. The van der Waals surface area contributed by atoms with Crippen molar-refractivity contribution >= 4 is 17.2 Å². The van der Waals surface area contributed by atoms with Crippen LogP contribution in [-0.2, 0) is 11.2 Å². The lowest BCUT2D eigenvalue weighted by atomic mass is 9.97. The minimum Gasteiger partial charge on any atom is -0.444 e. The zero-order valence-electron chi connectivity index (χ0n) is 11.8. The van der Waals surface area contributed by atoms with Crippen molar-refractivity contribution in [2.24, 2.45) is 11.7 Å². The molecule has 1 fully saturated rings. The summed E-state index contributed by atoms with van der Waals surface area (Å²) < 4.78 is 5.44. The van der Waals surface area contributed by atoms with E-state index in [9.17, 15) is 4.79 Å². The number of rotatable bonds is 4. The highest BCUT2D eigenvalue weighted by molar-refractivity contribution is 7.13. The van der Waals surface area contributed by atoms with E-state index in [1.807, 2.05) is 22.4 Å². The van der Waals surface area contributed by atoms with Crippen LogP contribution in [0.1, 0.15) is 18.5 Å². The maximum Gasteiger partial charge on any atom is 0.236 e. The highest BCUT2D eigenvalue weighted by Crippen LogP contribution is 2.24. The highest BCUT2D eigenvalue weighted by Gasteiger charge is 2.22. The van der Waals surface area contributed by atoms with Gasteiger partial charge in [-0.1, -0.05) is 6.07 Å². The van der Waals surface area contributed by atoms with E-state index >= 15 is 0 Å². The van der Waals surface area contributed by atoms with Crippen molar-refractivity contribution in [1.29, 1.82) is 0 Å². The number of carbonyl (C=O) groups is 1. The van der Waals surface area contributed by atoms with Crippen molar-refractivity contribution in [2.45, 2.75) is 19.3 Å². The first-order valence-electron chi connectivity index (χ1n) is 7.22. The number of likely N-dealkylation sites (tertiary alicyclic amines) is 1. The third-order valence-electron chi connectivity index (χ3n) is 3.92. The molecule has 0 aliphatic carbocycles. The molecule has 2 N–H and O–H groups in total. The Labute approximate surface area is 127 Å². The van der Waals surface area contributed by atoms with Crippen LogP contribution in [0.4, 0.5) is 0 Å². The molecule has 1 saturated heterocycles. The summed E-state index contributed by atoms with van der Waals surface area (Å²) in [4.78, 5) is 19.6. The molecule has 0 aromatic carbocycles. The lowest BCUT2D eigenvalue weighted by Crippen LogP contribution is -2.40. The molecule has 0 saturated carbocycles. The Morgan fingerprint density at radius 1 is 1.48 bits per heavy atom. The summed E-state index contributed by atoms with van der Waals surface area (Å²) in [6.07, 6.45) is 3.89. The van der Waals surface area contributed by atoms with Crippen molar-refractivity contribution in [3.8, 4) is 10.8 Å². The molecule has 112 valence electrons. The van der Waals surface area contributed by atoms with Gasteiger partial charge in [-0.25, -0.2) is 4.98 Å². The standard InChI is InChI=1S/C15H19N3O2S/c16-9-11-3-5-18(6-4-11)14(19)8-12-10-20-15(17-12)13-2-1-7-21-13/h1-2,7,10-11H,3-6,8-9,16H2. The minimum atomic E-state index is 0.122. The van der Waals surface area contributed by atoms with Gasteiger partial charge in [-0.2, -0.15) is 0 Å². The Morgan fingerprint density at radius 3 is 2.95 bits per heavy atom. The Balaban J connectivity index is 1.58. The van der Waals surface area contributed by atoms with Crippen molar-refractivity contribution in [3.63, 3.8) is 0 Å². The van der Waals surface area contributed by atoms with Crippen LogP contribution < -0.4 is 5.73 Å². The van der Waals surface area contributed by atoms with Crippen LogP contribution in [0, 0.1) is 5.92 Å². The topological polar surface area (TPSA) is 72.4 Å². The number of carbonyl (C=O) groups excluding carboxylic acids is 1. The lowest BCUT2D eigenvalue weighted by molar-refractivity contribution is -0.131. The number of nitrogens with zero attached hydrogens (tertiary/aromatic N) is 2. The largest absolute Gasteiger partial charge is 0.444 e. The first-order chi connectivity index (χ1) is 10.3. The fraction of sp³-hybridized carbons (Fsp3) is 0.467.